The van der Waals surface area contributed by atoms with Crippen LogP contribution in [0.15, 0.2) is 17.0 Å². The van der Waals surface area contributed by atoms with E-state index in [-0.39, 0.29) is 0 Å². The van der Waals surface area contributed by atoms with E-state index >= 15 is 0 Å². The topological polar surface area (TPSA) is 35.0 Å². The molecule has 2 rings (SSSR count). The van der Waals surface area contributed by atoms with Gasteiger partial charge in [-0.2, -0.15) is 0 Å². The summed E-state index contributed by atoms with van der Waals surface area (Å²) in [4.78, 5) is 8.21. The Kier molecular flexibility index (Phi) is 3.35. The predicted molar refractivity (Wildman–Crippen MR) is 57.2 cm³/mol. The summed E-state index contributed by atoms with van der Waals surface area (Å²) in [6, 6.07) is 0. The van der Waals surface area contributed by atoms with Crippen molar-refractivity contribution in [3.63, 3.8) is 0 Å². The molecule has 1 aromatic rings. The molecule has 4 heteroatoms. The summed E-state index contributed by atoms with van der Waals surface area (Å²) in [5.74, 6) is 0.639. The molecule has 1 heterocycles. The molecule has 1 aromatic heterocycles. The van der Waals surface area contributed by atoms with Crippen LogP contribution in [0.4, 0.5) is 0 Å². The molecule has 0 aromatic carbocycles. The third kappa shape index (κ3) is 2.67. The van der Waals surface area contributed by atoms with E-state index in [1.54, 1.807) is 12.4 Å². The molecule has 1 aliphatic rings. The minimum Gasteiger partial charge on any atom is -0.473 e. The van der Waals surface area contributed by atoms with Crippen LogP contribution in [0.5, 0.6) is 5.88 Å². The average molecular weight is 257 g/mol. The molecule has 0 aliphatic heterocycles. The van der Waals surface area contributed by atoms with Crippen LogP contribution in [0.1, 0.15) is 32.1 Å². The number of rotatable bonds is 2. The van der Waals surface area contributed by atoms with E-state index in [0.717, 1.165) is 17.4 Å². The molecule has 76 valence electrons. The second-order valence-corrected chi connectivity index (χ2v) is 4.37. The van der Waals surface area contributed by atoms with E-state index in [0.29, 0.717) is 12.0 Å². The van der Waals surface area contributed by atoms with E-state index in [2.05, 4.69) is 25.9 Å². The molecule has 0 saturated heterocycles. The van der Waals surface area contributed by atoms with Crippen LogP contribution in [-0.4, -0.2) is 16.1 Å². The van der Waals surface area contributed by atoms with Crippen molar-refractivity contribution >= 4 is 15.9 Å². The molecule has 3 nitrogen and oxygen atoms in total. The van der Waals surface area contributed by atoms with Gasteiger partial charge in [-0.05, 0) is 41.6 Å². The lowest BCUT2D eigenvalue weighted by Gasteiger charge is -2.21. The van der Waals surface area contributed by atoms with Crippen LogP contribution in [0.2, 0.25) is 0 Å². The average Bonchev–Trinajstić information content (AvgIpc) is 2.23. The highest BCUT2D eigenvalue weighted by Crippen LogP contribution is 2.21. The van der Waals surface area contributed by atoms with Crippen molar-refractivity contribution < 1.29 is 4.74 Å². The summed E-state index contributed by atoms with van der Waals surface area (Å²) in [6.07, 6.45) is 9.86. The van der Waals surface area contributed by atoms with E-state index in [1.165, 1.54) is 19.3 Å². The standard InChI is InChI=1S/C10H13BrN2O/c11-9-6-13-10(7-12-9)14-8-4-2-1-3-5-8/h6-8H,1-5H2. The van der Waals surface area contributed by atoms with Crippen molar-refractivity contribution in [3.05, 3.63) is 17.0 Å². The Morgan fingerprint density at radius 2 is 1.93 bits per heavy atom. The van der Waals surface area contributed by atoms with Gasteiger partial charge in [-0.15, -0.1) is 0 Å². The molecule has 1 fully saturated rings. The van der Waals surface area contributed by atoms with Crippen molar-refractivity contribution in [1.82, 2.24) is 9.97 Å². The fourth-order valence-electron chi connectivity index (χ4n) is 1.72. The molecule has 1 aliphatic carbocycles. The fraction of sp³-hybridized carbons (Fsp3) is 0.600. The molecular weight excluding hydrogens is 244 g/mol. The van der Waals surface area contributed by atoms with Crippen LogP contribution < -0.4 is 4.74 Å². The zero-order valence-corrected chi connectivity index (χ0v) is 9.53. The molecule has 14 heavy (non-hydrogen) atoms. The zero-order valence-electron chi connectivity index (χ0n) is 7.95. The quantitative estimate of drug-likeness (QED) is 0.817. The van der Waals surface area contributed by atoms with Gasteiger partial charge in [0.05, 0.1) is 12.4 Å². The van der Waals surface area contributed by atoms with Crippen LogP contribution >= 0.6 is 15.9 Å². The van der Waals surface area contributed by atoms with Crippen LogP contribution in [0, 0.1) is 0 Å². The second kappa shape index (κ2) is 4.73. The van der Waals surface area contributed by atoms with Gasteiger partial charge in [0, 0.05) is 0 Å². The van der Waals surface area contributed by atoms with E-state index in [9.17, 15) is 0 Å². The molecular formula is C10H13BrN2O. The minimum absolute atomic E-state index is 0.347. The molecule has 0 radical (unpaired) electrons. The lowest BCUT2D eigenvalue weighted by atomic mass is 9.98. The van der Waals surface area contributed by atoms with Gasteiger partial charge in [-0.3, -0.25) is 0 Å². The Hall–Kier alpha value is -0.640. The van der Waals surface area contributed by atoms with Gasteiger partial charge in [-0.25, -0.2) is 9.97 Å². The van der Waals surface area contributed by atoms with Gasteiger partial charge < -0.3 is 4.74 Å². The summed E-state index contributed by atoms with van der Waals surface area (Å²) in [7, 11) is 0. The monoisotopic (exact) mass is 256 g/mol. The third-order valence-corrected chi connectivity index (χ3v) is 2.85. The highest BCUT2D eigenvalue weighted by atomic mass is 79.9. The Balaban J connectivity index is 1.92. The summed E-state index contributed by atoms with van der Waals surface area (Å²) < 4.78 is 6.46. The molecule has 0 spiro atoms. The summed E-state index contributed by atoms with van der Waals surface area (Å²) in [6.45, 7) is 0. The molecule has 0 bridgehead atoms. The molecule has 0 amide bonds. The number of nitrogens with zero attached hydrogens (tertiary/aromatic N) is 2. The number of ether oxygens (including phenoxy) is 1. The van der Waals surface area contributed by atoms with E-state index < -0.39 is 0 Å². The van der Waals surface area contributed by atoms with Crippen molar-refractivity contribution in [3.8, 4) is 5.88 Å². The first-order chi connectivity index (χ1) is 6.84. The first-order valence-electron chi connectivity index (χ1n) is 4.99. The van der Waals surface area contributed by atoms with Crippen molar-refractivity contribution in [1.29, 1.82) is 0 Å². The Morgan fingerprint density at radius 1 is 1.14 bits per heavy atom. The SMILES string of the molecule is Brc1cnc(OC2CCCCC2)cn1. The number of hydrogen-bond acceptors (Lipinski definition) is 3. The van der Waals surface area contributed by atoms with E-state index in [1.807, 2.05) is 0 Å². The first kappa shape index (κ1) is 9.90. The molecule has 0 N–H and O–H groups in total. The van der Waals surface area contributed by atoms with E-state index in [4.69, 9.17) is 4.74 Å². The van der Waals surface area contributed by atoms with Crippen LogP contribution in [0.3, 0.4) is 0 Å². The second-order valence-electron chi connectivity index (χ2n) is 3.56. The minimum atomic E-state index is 0.347. The lowest BCUT2D eigenvalue weighted by Crippen LogP contribution is -2.20. The highest BCUT2D eigenvalue weighted by molar-refractivity contribution is 9.10. The molecule has 0 atom stereocenters. The van der Waals surface area contributed by atoms with Crippen LogP contribution in [-0.2, 0) is 0 Å². The Bertz CT molecular complexity index is 283. The lowest BCUT2D eigenvalue weighted by molar-refractivity contribution is 0.148. The Morgan fingerprint density at radius 3 is 2.57 bits per heavy atom. The third-order valence-electron chi connectivity index (χ3n) is 2.44. The fourth-order valence-corrected chi connectivity index (χ4v) is 1.92. The van der Waals surface area contributed by atoms with Gasteiger partial charge in [0.1, 0.15) is 10.7 Å². The maximum Gasteiger partial charge on any atom is 0.232 e. The maximum absolute atomic E-state index is 5.72. The smallest absolute Gasteiger partial charge is 0.232 e. The van der Waals surface area contributed by atoms with Crippen molar-refractivity contribution in [2.24, 2.45) is 0 Å². The summed E-state index contributed by atoms with van der Waals surface area (Å²) in [5.41, 5.74) is 0. The van der Waals surface area contributed by atoms with Gasteiger partial charge in [-0.1, -0.05) is 6.42 Å². The highest BCUT2D eigenvalue weighted by Gasteiger charge is 2.15. The number of halogens is 1. The summed E-state index contributed by atoms with van der Waals surface area (Å²) in [5, 5.41) is 0. The van der Waals surface area contributed by atoms with Gasteiger partial charge >= 0.3 is 0 Å². The predicted octanol–water partition coefficient (Wildman–Crippen LogP) is 2.95. The zero-order chi connectivity index (χ0) is 9.80. The first-order valence-corrected chi connectivity index (χ1v) is 5.78. The maximum atomic E-state index is 5.72. The van der Waals surface area contributed by atoms with Gasteiger partial charge in [0.2, 0.25) is 5.88 Å². The Labute approximate surface area is 92.0 Å². The van der Waals surface area contributed by atoms with Gasteiger partial charge in [0.25, 0.3) is 0 Å². The molecule has 0 unspecified atom stereocenters. The normalized spacial score (nSPS) is 18.1. The van der Waals surface area contributed by atoms with Gasteiger partial charge in [0.15, 0.2) is 0 Å². The van der Waals surface area contributed by atoms with Crippen molar-refractivity contribution in [2.45, 2.75) is 38.2 Å². The van der Waals surface area contributed by atoms with Crippen LogP contribution in [0.25, 0.3) is 0 Å². The molecule has 1 saturated carbocycles. The van der Waals surface area contributed by atoms with Crippen molar-refractivity contribution in [2.75, 3.05) is 0 Å². The number of aromatic nitrogens is 2. The largest absolute Gasteiger partial charge is 0.473 e. The number of hydrogen-bond donors (Lipinski definition) is 0. The summed E-state index contributed by atoms with van der Waals surface area (Å²) >= 11 is 3.24.